The third-order valence-electron chi connectivity index (χ3n) is 4.50. The molecule has 4 nitrogen and oxygen atoms in total. The zero-order valence-electron chi connectivity index (χ0n) is 15.3. The van der Waals surface area contributed by atoms with Gasteiger partial charge in [-0.05, 0) is 49.0 Å². The minimum Gasteiger partial charge on any atom is -0.492 e. The van der Waals surface area contributed by atoms with Gasteiger partial charge in [0.1, 0.15) is 5.75 Å². The van der Waals surface area contributed by atoms with E-state index in [2.05, 4.69) is 21.2 Å². The van der Waals surface area contributed by atoms with Crippen molar-refractivity contribution in [3.63, 3.8) is 0 Å². The van der Waals surface area contributed by atoms with Crippen molar-refractivity contribution in [2.24, 2.45) is 0 Å². The van der Waals surface area contributed by atoms with E-state index in [-0.39, 0.29) is 0 Å². The Bertz CT molecular complexity index is 795. The van der Waals surface area contributed by atoms with E-state index in [1.165, 1.54) is 0 Å². The highest BCUT2D eigenvalue weighted by atomic mass is 35.5. The Labute approximate surface area is 176 Å². The number of hydrogen-bond donors (Lipinski definition) is 1. The van der Waals surface area contributed by atoms with E-state index in [0.29, 0.717) is 23.2 Å². The number of anilines is 1. The standard InChI is InChI=1S/C20H23Cl2N3OS/c1-2-26-19-6-4-3-5-18(19)24-9-11-25(12-10-24)20(27)23-14-15-7-8-16(21)17(22)13-15/h3-8,13H,2,9-12,14H2,1H3,(H,23,27). The molecule has 1 fully saturated rings. The monoisotopic (exact) mass is 423 g/mol. The molecule has 2 aromatic rings. The summed E-state index contributed by atoms with van der Waals surface area (Å²) in [7, 11) is 0. The first-order valence-corrected chi connectivity index (χ1v) is 10.2. The minimum absolute atomic E-state index is 0.559. The van der Waals surface area contributed by atoms with Gasteiger partial charge in [-0.1, -0.05) is 41.4 Å². The average molecular weight is 424 g/mol. The van der Waals surface area contributed by atoms with Gasteiger partial charge < -0.3 is 19.9 Å². The van der Waals surface area contributed by atoms with Crippen molar-refractivity contribution in [3.8, 4) is 5.75 Å². The number of para-hydroxylation sites is 2. The summed E-state index contributed by atoms with van der Waals surface area (Å²) in [5, 5.41) is 5.20. The van der Waals surface area contributed by atoms with Gasteiger partial charge in [-0.2, -0.15) is 0 Å². The van der Waals surface area contributed by atoms with E-state index in [0.717, 1.165) is 48.3 Å². The van der Waals surface area contributed by atoms with Crippen molar-refractivity contribution in [3.05, 3.63) is 58.1 Å². The largest absolute Gasteiger partial charge is 0.492 e. The second-order valence-corrected chi connectivity index (χ2v) is 7.48. The number of halogens is 2. The lowest BCUT2D eigenvalue weighted by Crippen LogP contribution is -2.51. The maximum atomic E-state index is 6.07. The number of hydrogen-bond acceptors (Lipinski definition) is 3. The van der Waals surface area contributed by atoms with E-state index >= 15 is 0 Å². The lowest BCUT2D eigenvalue weighted by atomic mass is 10.2. The molecule has 3 rings (SSSR count). The SMILES string of the molecule is CCOc1ccccc1N1CCN(C(=S)NCc2ccc(Cl)c(Cl)c2)CC1. The lowest BCUT2D eigenvalue weighted by molar-refractivity contribution is 0.336. The van der Waals surface area contributed by atoms with Crippen molar-refractivity contribution >= 4 is 46.2 Å². The Morgan fingerprint density at radius 2 is 1.81 bits per heavy atom. The molecule has 2 aromatic carbocycles. The molecule has 0 aromatic heterocycles. The molecular formula is C20H23Cl2N3OS. The summed E-state index contributed by atoms with van der Waals surface area (Å²) in [5.74, 6) is 0.939. The van der Waals surface area contributed by atoms with Gasteiger partial charge >= 0.3 is 0 Å². The van der Waals surface area contributed by atoms with Crippen LogP contribution in [0.3, 0.4) is 0 Å². The van der Waals surface area contributed by atoms with Crippen LogP contribution >= 0.6 is 35.4 Å². The van der Waals surface area contributed by atoms with E-state index in [1.54, 1.807) is 6.07 Å². The number of ether oxygens (including phenoxy) is 1. The summed E-state index contributed by atoms with van der Waals surface area (Å²) >= 11 is 17.6. The van der Waals surface area contributed by atoms with Crippen LogP contribution in [0, 0.1) is 0 Å². The maximum absolute atomic E-state index is 6.07. The molecule has 1 N–H and O–H groups in total. The highest BCUT2D eigenvalue weighted by Gasteiger charge is 2.21. The Morgan fingerprint density at radius 3 is 2.52 bits per heavy atom. The molecule has 0 amide bonds. The maximum Gasteiger partial charge on any atom is 0.169 e. The van der Waals surface area contributed by atoms with Gasteiger partial charge in [0, 0.05) is 32.7 Å². The zero-order chi connectivity index (χ0) is 19.2. The number of thiocarbonyl (C=S) groups is 1. The first-order valence-electron chi connectivity index (χ1n) is 9.02. The Kier molecular flexibility index (Phi) is 7.05. The Hall–Kier alpha value is -1.69. The summed E-state index contributed by atoms with van der Waals surface area (Å²) in [6.45, 7) is 6.84. The fourth-order valence-electron chi connectivity index (χ4n) is 3.09. The van der Waals surface area contributed by atoms with Crippen LogP contribution < -0.4 is 15.0 Å². The fourth-order valence-corrected chi connectivity index (χ4v) is 3.66. The average Bonchev–Trinajstić information content (AvgIpc) is 2.69. The van der Waals surface area contributed by atoms with Crippen LogP contribution in [0.25, 0.3) is 0 Å². The molecule has 0 aliphatic carbocycles. The van der Waals surface area contributed by atoms with Gasteiger partial charge in [0.25, 0.3) is 0 Å². The Morgan fingerprint density at radius 1 is 1.07 bits per heavy atom. The second-order valence-electron chi connectivity index (χ2n) is 6.28. The van der Waals surface area contributed by atoms with Crippen molar-refractivity contribution in [2.75, 3.05) is 37.7 Å². The molecule has 144 valence electrons. The lowest BCUT2D eigenvalue weighted by Gasteiger charge is -2.38. The highest BCUT2D eigenvalue weighted by Crippen LogP contribution is 2.29. The quantitative estimate of drug-likeness (QED) is 0.709. The summed E-state index contributed by atoms with van der Waals surface area (Å²) < 4.78 is 5.76. The molecule has 1 saturated heterocycles. The number of piperazine rings is 1. The predicted molar refractivity (Wildman–Crippen MR) is 117 cm³/mol. The van der Waals surface area contributed by atoms with Gasteiger partial charge in [0.2, 0.25) is 0 Å². The molecule has 0 spiro atoms. The summed E-state index contributed by atoms with van der Waals surface area (Å²) in [4.78, 5) is 4.55. The van der Waals surface area contributed by atoms with Crippen molar-refractivity contribution in [1.82, 2.24) is 10.2 Å². The van der Waals surface area contributed by atoms with Crippen LogP contribution in [0.15, 0.2) is 42.5 Å². The number of nitrogens with zero attached hydrogens (tertiary/aromatic N) is 2. The van der Waals surface area contributed by atoms with Crippen molar-refractivity contribution in [2.45, 2.75) is 13.5 Å². The summed E-state index contributed by atoms with van der Waals surface area (Å²) in [6.07, 6.45) is 0. The molecule has 7 heteroatoms. The molecule has 0 bridgehead atoms. The Balaban J connectivity index is 1.53. The number of nitrogens with one attached hydrogen (secondary N) is 1. The normalized spacial score (nSPS) is 14.2. The van der Waals surface area contributed by atoms with Crippen LogP contribution in [0.2, 0.25) is 10.0 Å². The van der Waals surface area contributed by atoms with E-state index in [1.807, 2.05) is 37.3 Å². The second kappa shape index (κ2) is 9.49. The van der Waals surface area contributed by atoms with Crippen LogP contribution in [0.4, 0.5) is 5.69 Å². The third kappa shape index (κ3) is 5.18. The molecule has 0 atom stereocenters. The third-order valence-corrected chi connectivity index (χ3v) is 5.64. The van der Waals surface area contributed by atoms with Crippen LogP contribution in [-0.2, 0) is 6.54 Å². The first kappa shape index (κ1) is 20.1. The molecule has 27 heavy (non-hydrogen) atoms. The van der Waals surface area contributed by atoms with E-state index < -0.39 is 0 Å². The number of rotatable bonds is 5. The van der Waals surface area contributed by atoms with Gasteiger partial charge in [-0.3, -0.25) is 0 Å². The van der Waals surface area contributed by atoms with E-state index in [4.69, 9.17) is 40.2 Å². The van der Waals surface area contributed by atoms with Crippen LogP contribution in [-0.4, -0.2) is 42.8 Å². The van der Waals surface area contributed by atoms with Crippen molar-refractivity contribution in [1.29, 1.82) is 0 Å². The predicted octanol–water partition coefficient (Wildman–Crippen LogP) is 4.59. The topological polar surface area (TPSA) is 27.7 Å². The number of benzene rings is 2. The van der Waals surface area contributed by atoms with Gasteiger partial charge in [-0.15, -0.1) is 0 Å². The van der Waals surface area contributed by atoms with Gasteiger partial charge in [0.05, 0.1) is 22.3 Å². The van der Waals surface area contributed by atoms with Gasteiger partial charge in [-0.25, -0.2) is 0 Å². The van der Waals surface area contributed by atoms with E-state index in [9.17, 15) is 0 Å². The zero-order valence-corrected chi connectivity index (χ0v) is 17.6. The molecule has 1 heterocycles. The highest BCUT2D eigenvalue weighted by molar-refractivity contribution is 7.80. The molecule has 1 aliphatic rings. The van der Waals surface area contributed by atoms with Gasteiger partial charge in [0.15, 0.2) is 5.11 Å². The van der Waals surface area contributed by atoms with Crippen LogP contribution in [0.5, 0.6) is 5.75 Å². The first-order chi connectivity index (χ1) is 13.1. The molecule has 0 radical (unpaired) electrons. The smallest absolute Gasteiger partial charge is 0.169 e. The van der Waals surface area contributed by atoms with Crippen molar-refractivity contribution < 1.29 is 4.74 Å². The molecule has 0 unspecified atom stereocenters. The molecule has 0 saturated carbocycles. The minimum atomic E-state index is 0.559. The van der Waals surface area contributed by atoms with Crippen LogP contribution in [0.1, 0.15) is 12.5 Å². The molecule has 1 aliphatic heterocycles. The molecular weight excluding hydrogens is 401 g/mol. The summed E-state index contributed by atoms with van der Waals surface area (Å²) in [6, 6.07) is 13.8. The summed E-state index contributed by atoms with van der Waals surface area (Å²) in [5.41, 5.74) is 2.20. The fraction of sp³-hybridized carbons (Fsp3) is 0.350.